The van der Waals surface area contributed by atoms with Gasteiger partial charge >= 0.3 is 0 Å². The largest absolute Gasteiger partial charge is 0.493 e. The monoisotopic (exact) mass is 487 g/mol. The van der Waals surface area contributed by atoms with E-state index in [-0.39, 0.29) is 17.7 Å². The van der Waals surface area contributed by atoms with E-state index in [0.29, 0.717) is 36.7 Å². The molecule has 0 bridgehead atoms. The number of methoxy groups -OCH3 is 2. The molecule has 1 aromatic rings. The molecular formula is C29H45NO5. The third-order valence-electron chi connectivity index (χ3n) is 6.97. The van der Waals surface area contributed by atoms with Crippen molar-refractivity contribution in [3.05, 3.63) is 35.9 Å². The number of ketones is 1. The molecule has 6 heteroatoms. The number of carbonyl (C=O) groups is 2. The van der Waals surface area contributed by atoms with Crippen LogP contribution in [-0.2, 0) is 16.1 Å². The van der Waals surface area contributed by atoms with E-state index in [1.165, 1.54) is 0 Å². The quantitative estimate of drug-likeness (QED) is 0.216. The van der Waals surface area contributed by atoms with Crippen LogP contribution in [0.3, 0.4) is 0 Å². The first-order valence-corrected chi connectivity index (χ1v) is 13.4. The zero-order chi connectivity index (χ0) is 25.5. The van der Waals surface area contributed by atoms with Gasteiger partial charge in [-0.3, -0.25) is 9.59 Å². The van der Waals surface area contributed by atoms with Gasteiger partial charge in [-0.2, -0.15) is 0 Å². The molecule has 3 atom stereocenters. The number of nitrogens with one attached hydrogen (secondary N) is 1. The van der Waals surface area contributed by atoms with Crippen LogP contribution in [0.4, 0.5) is 0 Å². The van der Waals surface area contributed by atoms with Crippen LogP contribution in [0.1, 0.15) is 89.5 Å². The molecule has 2 rings (SSSR count). The van der Waals surface area contributed by atoms with Crippen LogP contribution in [0, 0.1) is 11.8 Å². The lowest BCUT2D eigenvalue weighted by atomic mass is 9.89. The summed E-state index contributed by atoms with van der Waals surface area (Å²) >= 11 is 0. The van der Waals surface area contributed by atoms with E-state index in [1.807, 2.05) is 24.3 Å². The fourth-order valence-corrected chi connectivity index (χ4v) is 4.89. The second kappa shape index (κ2) is 16.4. The van der Waals surface area contributed by atoms with Crippen LogP contribution in [-0.4, -0.2) is 37.1 Å². The molecule has 1 fully saturated rings. The molecule has 1 saturated carbocycles. The lowest BCUT2D eigenvalue weighted by Crippen LogP contribution is -2.22. The molecule has 0 aromatic heterocycles. The van der Waals surface area contributed by atoms with Gasteiger partial charge in [0.05, 0.1) is 20.3 Å². The molecule has 1 aliphatic carbocycles. The Bertz CT molecular complexity index is 806. The molecule has 0 radical (unpaired) electrons. The minimum Gasteiger partial charge on any atom is -0.493 e. The van der Waals surface area contributed by atoms with E-state index in [9.17, 15) is 14.7 Å². The number of unbranched alkanes of at least 4 members (excludes halogenated alkanes) is 5. The van der Waals surface area contributed by atoms with Gasteiger partial charge in [-0.15, -0.1) is 0 Å². The minimum absolute atomic E-state index is 0.0311. The molecule has 2 N–H and O–H groups in total. The van der Waals surface area contributed by atoms with Crippen molar-refractivity contribution in [1.29, 1.82) is 0 Å². The van der Waals surface area contributed by atoms with Crippen molar-refractivity contribution >= 4 is 11.7 Å². The van der Waals surface area contributed by atoms with E-state index < -0.39 is 6.10 Å². The summed E-state index contributed by atoms with van der Waals surface area (Å²) in [5, 5.41) is 13.1. The standard InChI is InChI=1S/C29H45NO5/c1-4-5-8-13-24(31)19-17-22-18-20-26(32)25(22)14-9-6-7-10-16-28(33)30-21-23-12-11-15-27(34-2)29(23)35-3/h11-12,15,17,19,22,24-25,31H,4-10,13-14,16,18,20-21H2,1-3H3,(H,30,33). The molecule has 0 saturated heterocycles. The summed E-state index contributed by atoms with van der Waals surface area (Å²) in [7, 11) is 3.19. The summed E-state index contributed by atoms with van der Waals surface area (Å²) < 4.78 is 10.7. The zero-order valence-corrected chi connectivity index (χ0v) is 21.9. The first kappa shape index (κ1) is 28.9. The number of amides is 1. The van der Waals surface area contributed by atoms with Gasteiger partial charge in [0.1, 0.15) is 5.78 Å². The van der Waals surface area contributed by atoms with Crippen LogP contribution < -0.4 is 14.8 Å². The highest BCUT2D eigenvalue weighted by molar-refractivity contribution is 5.83. The number of rotatable bonds is 17. The summed E-state index contributed by atoms with van der Waals surface area (Å²) in [6, 6.07) is 5.63. The Balaban J connectivity index is 1.63. The molecular weight excluding hydrogens is 442 g/mol. The SMILES string of the molecule is CCCCCC(O)C=CC1CCC(=O)C1CCCCCCC(=O)NCc1cccc(OC)c1OC. The lowest BCUT2D eigenvalue weighted by molar-refractivity contribution is -0.122. The van der Waals surface area contributed by atoms with E-state index in [4.69, 9.17) is 9.47 Å². The normalized spacial score (nSPS) is 18.7. The maximum atomic E-state index is 12.4. The molecule has 196 valence electrons. The number of aliphatic hydroxyl groups excluding tert-OH is 1. The Morgan fingerprint density at radius 1 is 1.14 bits per heavy atom. The molecule has 6 nitrogen and oxygen atoms in total. The van der Waals surface area contributed by atoms with Crippen molar-refractivity contribution < 1.29 is 24.2 Å². The van der Waals surface area contributed by atoms with E-state index >= 15 is 0 Å². The Labute approximate surface area is 211 Å². The Kier molecular flexibility index (Phi) is 13.5. The van der Waals surface area contributed by atoms with Crippen LogP contribution >= 0.6 is 0 Å². The topological polar surface area (TPSA) is 84.9 Å². The highest BCUT2D eigenvalue weighted by Gasteiger charge is 2.32. The number of benzene rings is 1. The summed E-state index contributed by atoms with van der Waals surface area (Å²) in [5.41, 5.74) is 0.888. The highest BCUT2D eigenvalue weighted by atomic mass is 16.5. The van der Waals surface area contributed by atoms with Gasteiger partial charge in [0.25, 0.3) is 0 Å². The maximum absolute atomic E-state index is 12.4. The van der Waals surface area contributed by atoms with Crippen molar-refractivity contribution in [2.24, 2.45) is 11.8 Å². The van der Waals surface area contributed by atoms with Crippen molar-refractivity contribution in [2.75, 3.05) is 14.2 Å². The van der Waals surface area contributed by atoms with Gasteiger partial charge in [0.2, 0.25) is 5.91 Å². The van der Waals surface area contributed by atoms with E-state index in [0.717, 1.165) is 69.8 Å². The lowest BCUT2D eigenvalue weighted by Gasteiger charge is -2.15. The Morgan fingerprint density at radius 3 is 2.69 bits per heavy atom. The second-order valence-corrected chi connectivity index (χ2v) is 9.61. The number of carbonyl (C=O) groups excluding carboxylic acids is 2. The molecule has 0 heterocycles. The van der Waals surface area contributed by atoms with Gasteiger partial charge in [-0.25, -0.2) is 0 Å². The number of hydrogen-bond acceptors (Lipinski definition) is 5. The number of aliphatic hydroxyl groups is 1. The number of ether oxygens (including phenoxy) is 2. The first-order chi connectivity index (χ1) is 17.0. The zero-order valence-electron chi connectivity index (χ0n) is 21.9. The maximum Gasteiger partial charge on any atom is 0.220 e. The van der Waals surface area contributed by atoms with Crippen molar-refractivity contribution in [3.8, 4) is 11.5 Å². The Morgan fingerprint density at radius 2 is 1.94 bits per heavy atom. The molecule has 1 aromatic carbocycles. The van der Waals surface area contributed by atoms with Crippen molar-refractivity contribution in [1.82, 2.24) is 5.32 Å². The predicted octanol–water partition coefficient (Wildman–Crippen LogP) is 5.75. The predicted molar refractivity (Wildman–Crippen MR) is 140 cm³/mol. The highest BCUT2D eigenvalue weighted by Crippen LogP contribution is 2.34. The van der Waals surface area contributed by atoms with E-state index in [1.54, 1.807) is 14.2 Å². The summed E-state index contributed by atoms with van der Waals surface area (Å²) in [6.07, 6.45) is 14.6. The molecule has 3 unspecified atom stereocenters. The third kappa shape index (κ3) is 10.0. The fraction of sp³-hybridized carbons (Fsp3) is 0.655. The summed E-state index contributed by atoms with van der Waals surface area (Å²) in [6.45, 7) is 2.57. The molecule has 35 heavy (non-hydrogen) atoms. The molecule has 1 aliphatic rings. The van der Waals surface area contributed by atoms with Gasteiger partial charge in [0.15, 0.2) is 11.5 Å². The number of hydrogen-bond donors (Lipinski definition) is 2. The molecule has 1 amide bonds. The van der Waals surface area contributed by atoms with Gasteiger partial charge < -0.3 is 19.9 Å². The average Bonchev–Trinajstić information content (AvgIpc) is 3.22. The van der Waals surface area contributed by atoms with Crippen LogP contribution in [0.2, 0.25) is 0 Å². The van der Waals surface area contributed by atoms with Crippen LogP contribution in [0.15, 0.2) is 30.4 Å². The third-order valence-corrected chi connectivity index (χ3v) is 6.97. The second-order valence-electron chi connectivity index (χ2n) is 9.61. The number of para-hydroxylation sites is 1. The van der Waals surface area contributed by atoms with E-state index in [2.05, 4.69) is 18.3 Å². The summed E-state index contributed by atoms with van der Waals surface area (Å²) in [4.78, 5) is 24.6. The van der Waals surface area contributed by atoms with Gasteiger partial charge in [-0.05, 0) is 37.7 Å². The van der Waals surface area contributed by atoms with Crippen molar-refractivity contribution in [3.63, 3.8) is 0 Å². The summed E-state index contributed by atoms with van der Waals surface area (Å²) in [5.74, 6) is 2.06. The number of Topliss-reactive ketones (excluding diaryl/α,β-unsaturated/α-hetero) is 1. The smallest absolute Gasteiger partial charge is 0.220 e. The van der Waals surface area contributed by atoms with Crippen LogP contribution in [0.25, 0.3) is 0 Å². The number of allylic oxidation sites excluding steroid dienone is 1. The van der Waals surface area contributed by atoms with Gasteiger partial charge in [-0.1, -0.05) is 69.7 Å². The average molecular weight is 488 g/mol. The van der Waals surface area contributed by atoms with Crippen molar-refractivity contribution in [2.45, 2.75) is 96.6 Å². The molecule has 0 spiro atoms. The van der Waals surface area contributed by atoms with Crippen LogP contribution in [0.5, 0.6) is 11.5 Å². The first-order valence-electron chi connectivity index (χ1n) is 13.4. The molecule has 0 aliphatic heterocycles. The minimum atomic E-state index is -0.394. The van der Waals surface area contributed by atoms with Gasteiger partial charge in [0, 0.05) is 30.9 Å². The Hall–Kier alpha value is -2.34. The fourth-order valence-electron chi connectivity index (χ4n) is 4.89.